The summed E-state index contributed by atoms with van der Waals surface area (Å²) < 4.78 is 0. The van der Waals surface area contributed by atoms with E-state index in [4.69, 9.17) is 0 Å². The van der Waals surface area contributed by atoms with E-state index in [1.54, 1.807) is 0 Å². The van der Waals surface area contributed by atoms with Crippen LogP contribution in [0.5, 0.6) is 0 Å². The molecule has 1 heterocycles. The number of piperidine rings is 1. The molecule has 0 aromatic rings. The van der Waals surface area contributed by atoms with Crippen LogP contribution in [0.1, 0.15) is 72.1 Å². The van der Waals surface area contributed by atoms with Crippen LogP contribution in [0.2, 0.25) is 0 Å². The van der Waals surface area contributed by atoms with E-state index in [9.17, 15) is 4.79 Å². The molecule has 0 aromatic heterocycles. The second-order valence-corrected chi connectivity index (χ2v) is 7.27. The van der Waals surface area contributed by atoms with Gasteiger partial charge in [0, 0.05) is 23.9 Å². The SMILES string of the molecule is CCCC1CCCCN1CC1CCCC(C)(C)C1=O. The molecule has 1 aliphatic carbocycles. The van der Waals surface area contributed by atoms with Crippen molar-refractivity contribution in [1.29, 1.82) is 0 Å². The maximum absolute atomic E-state index is 12.6. The van der Waals surface area contributed by atoms with Gasteiger partial charge in [-0.15, -0.1) is 0 Å². The number of ketones is 1. The number of rotatable bonds is 4. The van der Waals surface area contributed by atoms with Crippen LogP contribution in [0.3, 0.4) is 0 Å². The van der Waals surface area contributed by atoms with Crippen molar-refractivity contribution in [3.05, 3.63) is 0 Å². The zero-order valence-corrected chi connectivity index (χ0v) is 13.1. The topological polar surface area (TPSA) is 20.3 Å². The van der Waals surface area contributed by atoms with Crippen LogP contribution in [-0.4, -0.2) is 29.8 Å². The quantitative estimate of drug-likeness (QED) is 0.764. The van der Waals surface area contributed by atoms with Crippen molar-refractivity contribution in [2.45, 2.75) is 78.2 Å². The molecule has 2 unspecified atom stereocenters. The molecule has 2 aliphatic rings. The third kappa shape index (κ3) is 3.59. The van der Waals surface area contributed by atoms with Crippen LogP contribution in [0, 0.1) is 11.3 Å². The van der Waals surface area contributed by atoms with Crippen molar-refractivity contribution in [1.82, 2.24) is 4.90 Å². The molecule has 2 heteroatoms. The summed E-state index contributed by atoms with van der Waals surface area (Å²) in [6.07, 6.45) is 10.1. The maximum atomic E-state index is 12.6. The van der Waals surface area contributed by atoms with Gasteiger partial charge < -0.3 is 0 Å². The lowest BCUT2D eigenvalue weighted by Gasteiger charge is -2.41. The largest absolute Gasteiger partial charge is 0.300 e. The first-order valence-electron chi connectivity index (χ1n) is 8.33. The number of carbonyl (C=O) groups excluding carboxylic acids is 1. The lowest BCUT2D eigenvalue weighted by molar-refractivity contribution is -0.135. The summed E-state index contributed by atoms with van der Waals surface area (Å²) in [6, 6.07) is 0.747. The molecule has 110 valence electrons. The highest BCUT2D eigenvalue weighted by atomic mass is 16.1. The molecule has 2 fully saturated rings. The number of likely N-dealkylation sites (tertiary alicyclic amines) is 1. The molecular formula is C17H31NO. The van der Waals surface area contributed by atoms with Crippen LogP contribution in [0.15, 0.2) is 0 Å². The smallest absolute Gasteiger partial charge is 0.142 e. The lowest BCUT2D eigenvalue weighted by atomic mass is 9.70. The number of carbonyl (C=O) groups is 1. The first kappa shape index (κ1) is 15.0. The summed E-state index contributed by atoms with van der Waals surface area (Å²) in [6.45, 7) is 8.81. The van der Waals surface area contributed by atoms with Gasteiger partial charge >= 0.3 is 0 Å². The molecule has 0 amide bonds. The first-order valence-corrected chi connectivity index (χ1v) is 8.33. The van der Waals surface area contributed by atoms with Crippen molar-refractivity contribution < 1.29 is 4.79 Å². The summed E-state index contributed by atoms with van der Waals surface area (Å²) >= 11 is 0. The number of hydrogen-bond acceptors (Lipinski definition) is 2. The highest BCUT2D eigenvalue weighted by Gasteiger charge is 2.38. The minimum atomic E-state index is -0.0705. The van der Waals surface area contributed by atoms with Crippen molar-refractivity contribution >= 4 is 5.78 Å². The normalized spacial score (nSPS) is 32.5. The number of Topliss-reactive ketones (excluding diaryl/α,β-unsaturated/α-hetero) is 1. The Hall–Kier alpha value is -0.370. The van der Waals surface area contributed by atoms with Gasteiger partial charge in [-0.2, -0.15) is 0 Å². The van der Waals surface area contributed by atoms with E-state index >= 15 is 0 Å². The molecule has 19 heavy (non-hydrogen) atoms. The predicted octanol–water partition coefficient (Wildman–Crippen LogP) is 4.04. The minimum Gasteiger partial charge on any atom is -0.300 e. The summed E-state index contributed by atoms with van der Waals surface area (Å²) in [5.74, 6) is 0.834. The summed E-state index contributed by atoms with van der Waals surface area (Å²) in [4.78, 5) is 15.2. The first-order chi connectivity index (χ1) is 9.04. The number of hydrogen-bond donors (Lipinski definition) is 0. The maximum Gasteiger partial charge on any atom is 0.142 e. The van der Waals surface area contributed by atoms with E-state index in [2.05, 4.69) is 25.7 Å². The van der Waals surface area contributed by atoms with Gasteiger partial charge in [-0.25, -0.2) is 0 Å². The average Bonchev–Trinajstić information content (AvgIpc) is 2.37. The van der Waals surface area contributed by atoms with Crippen molar-refractivity contribution in [3.8, 4) is 0 Å². The molecule has 1 aliphatic heterocycles. The van der Waals surface area contributed by atoms with Crippen molar-refractivity contribution in [2.75, 3.05) is 13.1 Å². The van der Waals surface area contributed by atoms with Crippen LogP contribution < -0.4 is 0 Å². The third-order valence-electron chi connectivity index (χ3n) is 5.22. The van der Waals surface area contributed by atoms with Gasteiger partial charge in [0.1, 0.15) is 5.78 Å². The van der Waals surface area contributed by atoms with Crippen molar-refractivity contribution in [2.24, 2.45) is 11.3 Å². The molecule has 0 radical (unpaired) electrons. The Bertz CT molecular complexity index is 308. The summed E-state index contributed by atoms with van der Waals surface area (Å²) in [5, 5.41) is 0. The molecule has 0 N–H and O–H groups in total. The Morgan fingerprint density at radius 1 is 1.21 bits per heavy atom. The van der Waals surface area contributed by atoms with Gasteiger partial charge in [0.25, 0.3) is 0 Å². The second kappa shape index (κ2) is 6.39. The molecule has 2 nitrogen and oxygen atoms in total. The van der Waals surface area contributed by atoms with E-state index in [0.29, 0.717) is 11.7 Å². The van der Waals surface area contributed by atoms with E-state index in [0.717, 1.165) is 25.4 Å². The minimum absolute atomic E-state index is 0.0705. The third-order valence-corrected chi connectivity index (χ3v) is 5.22. The molecule has 0 aromatic carbocycles. The van der Waals surface area contributed by atoms with Crippen LogP contribution >= 0.6 is 0 Å². The fourth-order valence-corrected chi connectivity index (χ4v) is 4.02. The Morgan fingerprint density at radius 2 is 2.00 bits per heavy atom. The summed E-state index contributed by atoms with van der Waals surface area (Å²) in [5.41, 5.74) is -0.0705. The van der Waals surface area contributed by atoms with E-state index in [1.807, 2.05) is 0 Å². The van der Waals surface area contributed by atoms with E-state index < -0.39 is 0 Å². The van der Waals surface area contributed by atoms with Gasteiger partial charge in [-0.1, -0.05) is 40.0 Å². The van der Waals surface area contributed by atoms with Crippen LogP contribution in [0.4, 0.5) is 0 Å². The van der Waals surface area contributed by atoms with Crippen LogP contribution in [0.25, 0.3) is 0 Å². The monoisotopic (exact) mass is 265 g/mol. The van der Waals surface area contributed by atoms with Gasteiger partial charge in [-0.3, -0.25) is 9.69 Å². The fraction of sp³-hybridized carbons (Fsp3) is 0.941. The standard InChI is InChI=1S/C17H31NO/c1-4-8-15-10-5-6-12-18(15)13-14-9-7-11-17(2,3)16(14)19/h14-15H,4-13H2,1-3H3. The molecule has 1 saturated heterocycles. The predicted molar refractivity (Wildman–Crippen MR) is 80.2 cm³/mol. The van der Waals surface area contributed by atoms with Crippen LogP contribution in [-0.2, 0) is 4.79 Å². The highest BCUT2D eigenvalue weighted by molar-refractivity contribution is 5.87. The molecule has 2 atom stereocenters. The highest BCUT2D eigenvalue weighted by Crippen LogP contribution is 2.36. The second-order valence-electron chi connectivity index (χ2n) is 7.27. The Kier molecular flexibility index (Phi) is 5.05. The molecule has 0 bridgehead atoms. The Labute approximate surface area is 118 Å². The van der Waals surface area contributed by atoms with Crippen molar-refractivity contribution in [3.63, 3.8) is 0 Å². The number of nitrogens with zero attached hydrogens (tertiary/aromatic N) is 1. The van der Waals surface area contributed by atoms with Gasteiger partial charge in [0.2, 0.25) is 0 Å². The van der Waals surface area contributed by atoms with E-state index in [1.165, 1.54) is 45.1 Å². The molecular weight excluding hydrogens is 234 g/mol. The van der Waals surface area contributed by atoms with Gasteiger partial charge in [0.05, 0.1) is 0 Å². The lowest BCUT2D eigenvalue weighted by Crippen LogP contribution is -2.47. The molecule has 1 saturated carbocycles. The van der Waals surface area contributed by atoms with E-state index in [-0.39, 0.29) is 5.41 Å². The average molecular weight is 265 g/mol. The van der Waals surface area contributed by atoms with Gasteiger partial charge in [0.15, 0.2) is 0 Å². The Balaban J connectivity index is 1.96. The summed E-state index contributed by atoms with van der Waals surface area (Å²) in [7, 11) is 0. The molecule has 2 rings (SSSR count). The zero-order chi connectivity index (χ0) is 13.9. The van der Waals surface area contributed by atoms with Gasteiger partial charge in [-0.05, 0) is 38.6 Å². The Morgan fingerprint density at radius 3 is 2.74 bits per heavy atom. The molecule has 0 spiro atoms. The fourth-order valence-electron chi connectivity index (χ4n) is 4.02. The zero-order valence-electron chi connectivity index (χ0n) is 13.1.